The van der Waals surface area contributed by atoms with Gasteiger partial charge in [0.15, 0.2) is 0 Å². The molecule has 0 unspecified atom stereocenters. The van der Waals surface area contributed by atoms with Crippen LogP contribution in [0.3, 0.4) is 0 Å². The van der Waals surface area contributed by atoms with E-state index in [9.17, 15) is 4.79 Å². The lowest BCUT2D eigenvalue weighted by atomic mass is 10.2. The molecular weight excluding hydrogens is 342 g/mol. The van der Waals surface area contributed by atoms with Crippen molar-refractivity contribution in [3.05, 3.63) is 35.3 Å². The first kappa shape index (κ1) is 19.3. The summed E-state index contributed by atoms with van der Waals surface area (Å²) in [5, 5.41) is 0. The van der Waals surface area contributed by atoms with Gasteiger partial charge in [-0.05, 0) is 34.1 Å². The zero-order valence-corrected chi connectivity index (χ0v) is 16.8. The smallest absolute Gasteiger partial charge is 0.291 e. The van der Waals surface area contributed by atoms with Crippen LogP contribution in [0.1, 0.15) is 54.0 Å². The van der Waals surface area contributed by atoms with Crippen LogP contribution in [0, 0.1) is 13.8 Å². The van der Waals surface area contributed by atoms with Crippen LogP contribution in [0.4, 0.5) is 5.82 Å². The van der Waals surface area contributed by atoms with Crippen molar-refractivity contribution >= 4 is 11.7 Å². The molecule has 2 aromatic heterocycles. The van der Waals surface area contributed by atoms with Crippen LogP contribution in [0.5, 0.6) is 0 Å². The Bertz CT molecular complexity index is 829. The van der Waals surface area contributed by atoms with E-state index in [4.69, 9.17) is 5.73 Å². The first-order valence-corrected chi connectivity index (χ1v) is 9.40. The van der Waals surface area contributed by atoms with Crippen LogP contribution < -0.4 is 10.6 Å². The van der Waals surface area contributed by atoms with Crippen molar-refractivity contribution in [3.63, 3.8) is 0 Å². The quantitative estimate of drug-likeness (QED) is 0.859. The molecule has 0 aliphatic carbocycles. The van der Waals surface area contributed by atoms with Gasteiger partial charge in [0.1, 0.15) is 11.6 Å². The predicted octanol–water partition coefficient (Wildman–Crippen LogP) is 1.68. The van der Waals surface area contributed by atoms with E-state index in [1.807, 2.05) is 20.0 Å². The Morgan fingerprint density at radius 1 is 1.37 bits per heavy atom. The first-order valence-electron chi connectivity index (χ1n) is 9.40. The topological polar surface area (TPSA) is 93.2 Å². The van der Waals surface area contributed by atoms with Gasteiger partial charge in [0, 0.05) is 55.9 Å². The van der Waals surface area contributed by atoms with Gasteiger partial charge in [-0.2, -0.15) is 0 Å². The number of rotatable bonds is 5. The first-order chi connectivity index (χ1) is 12.8. The molecule has 0 aromatic carbocycles. The largest absolute Gasteiger partial charge is 0.355 e. The minimum absolute atomic E-state index is 0.149. The molecule has 27 heavy (non-hydrogen) atoms. The average Bonchev–Trinajstić information content (AvgIpc) is 3.25. The molecule has 1 amide bonds. The molecule has 3 heterocycles. The fourth-order valence-electron chi connectivity index (χ4n) is 3.39. The molecule has 1 aliphatic rings. The SMILES string of the molecule is Cc1nc(C(=O)N(C)Cc2nccn2C(C)C)nc(N2CC[C@@H](N)C2)c1C. The number of imidazole rings is 1. The van der Waals surface area contributed by atoms with E-state index < -0.39 is 0 Å². The summed E-state index contributed by atoms with van der Waals surface area (Å²) < 4.78 is 2.06. The summed E-state index contributed by atoms with van der Waals surface area (Å²) in [6, 6.07) is 0.436. The number of hydrogen-bond acceptors (Lipinski definition) is 6. The number of carbonyl (C=O) groups is 1. The lowest BCUT2D eigenvalue weighted by Gasteiger charge is -2.22. The Labute approximate surface area is 160 Å². The number of nitrogens with two attached hydrogens (primary N) is 1. The molecule has 3 rings (SSSR count). The molecule has 0 spiro atoms. The summed E-state index contributed by atoms with van der Waals surface area (Å²) >= 11 is 0. The molecule has 8 heteroatoms. The number of carbonyl (C=O) groups excluding carboxylic acids is 1. The van der Waals surface area contributed by atoms with Gasteiger partial charge in [-0.15, -0.1) is 0 Å². The maximum atomic E-state index is 13.0. The minimum atomic E-state index is -0.207. The Hall–Kier alpha value is -2.48. The molecule has 8 nitrogen and oxygen atoms in total. The monoisotopic (exact) mass is 371 g/mol. The summed E-state index contributed by atoms with van der Waals surface area (Å²) in [5.74, 6) is 1.67. The number of hydrogen-bond donors (Lipinski definition) is 1. The summed E-state index contributed by atoms with van der Waals surface area (Å²) in [7, 11) is 1.76. The van der Waals surface area contributed by atoms with Crippen molar-refractivity contribution in [2.75, 3.05) is 25.0 Å². The molecule has 146 valence electrons. The van der Waals surface area contributed by atoms with E-state index in [-0.39, 0.29) is 23.8 Å². The maximum absolute atomic E-state index is 13.0. The van der Waals surface area contributed by atoms with Crippen LogP contribution in [-0.4, -0.2) is 56.5 Å². The number of aryl methyl sites for hydroxylation is 1. The van der Waals surface area contributed by atoms with E-state index >= 15 is 0 Å². The number of aromatic nitrogens is 4. The highest BCUT2D eigenvalue weighted by Crippen LogP contribution is 2.24. The van der Waals surface area contributed by atoms with E-state index in [1.54, 1.807) is 18.1 Å². The second kappa shape index (κ2) is 7.64. The average molecular weight is 371 g/mol. The summed E-state index contributed by atoms with van der Waals surface area (Å²) in [4.78, 5) is 30.2. The molecule has 1 fully saturated rings. The molecule has 2 N–H and O–H groups in total. The lowest BCUT2D eigenvalue weighted by Crippen LogP contribution is -2.32. The van der Waals surface area contributed by atoms with Crippen LogP contribution in [-0.2, 0) is 6.54 Å². The fraction of sp³-hybridized carbons (Fsp3) is 0.579. The molecule has 0 bridgehead atoms. The Kier molecular flexibility index (Phi) is 5.46. The minimum Gasteiger partial charge on any atom is -0.355 e. The summed E-state index contributed by atoms with van der Waals surface area (Å²) in [6.45, 7) is 10.1. The Morgan fingerprint density at radius 3 is 2.74 bits per heavy atom. The van der Waals surface area contributed by atoms with Gasteiger partial charge in [0.25, 0.3) is 5.91 Å². The molecule has 0 radical (unpaired) electrons. The second-order valence-corrected chi connectivity index (χ2v) is 7.58. The van der Waals surface area contributed by atoms with Crippen molar-refractivity contribution in [1.29, 1.82) is 0 Å². The fourth-order valence-corrected chi connectivity index (χ4v) is 3.39. The highest BCUT2D eigenvalue weighted by atomic mass is 16.2. The summed E-state index contributed by atoms with van der Waals surface area (Å²) in [5.41, 5.74) is 7.86. The summed E-state index contributed by atoms with van der Waals surface area (Å²) in [6.07, 6.45) is 4.62. The highest BCUT2D eigenvalue weighted by Gasteiger charge is 2.25. The van der Waals surface area contributed by atoms with E-state index in [0.717, 1.165) is 42.4 Å². The van der Waals surface area contributed by atoms with E-state index in [1.165, 1.54) is 0 Å². The number of nitrogens with zero attached hydrogens (tertiary/aromatic N) is 6. The molecule has 0 saturated carbocycles. The van der Waals surface area contributed by atoms with Gasteiger partial charge in [-0.3, -0.25) is 4.79 Å². The lowest BCUT2D eigenvalue weighted by molar-refractivity contribution is 0.0767. The standard InChI is InChI=1S/C19H29N7O/c1-12(2)26-9-7-21-16(26)11-24(5)19(27)17-22-14(4)13(3)18(23-17)25-8-6-15(20)10-25/h7,9,12,15H,6,8,10-11,20H2,1-5H3/t15-/m1/s1. The third-order valence-corrected chi connectivity index (χ3v) is 5.11. The van der Waals surface area contributed by atoms with Crippen molar-refractivity contribution in [1.82, 2.24) is 24.4 Å². The second-order valence-electron chi connectivity index (χ2n) is 7.58. The van der Waals surface area contributed by atoms with Crippen LogP contribution >= 0.6 is 0 Å². The Balaban J connectivity index is 1.83. The van der Waals surface area contributed by atoms with E-state index in [2.05, 4.69) is 38.3 Å². The maximum Gasteiger partial charge on any atom is 0.291 e. The molecular formula is C19H29N7O. The van der Waals surface area contributed by atoms with Crippen molar-refractivity contribution in [2.24, 2.45) is 5.73 Å². The van der Waals surface area contributed by atoms with Crippen LogP contribution in [0.2, 0.25) is 0 Å². The number of amides is 1. The highest BCUT2D eigenvalue weighted by molar-refractivity contribution is 5.90. The zero-order chi connectivity index (χ0) is 19.7. The van der Waals surface area contributed by atoms with Gasteiger partial charge in [-0.1, -0.05) is 0 Å². The van der Waals surface area contributed by atoms with Crippen molar-refractivity contribution < 1.29 is 4.79 Å². The van der Waals surface area contributed by atoms with Crippen molar-refractivity contribution in [3.8, 4) is 0 Å². The third-order valence-electron chi connectivity index (χ3n) is 5.11. The van der Waals surface area contributed by atoms with Gasteiger partial charge in [-0.25, -0.2) is 15.0 Å². The molecule has 1 saturated heterocycles. The van der Waals surface area contributed by atoms with Gasteiger partial charge in [0.05, 0.1) is 6.54 Å². The number of anilines is 1. The molecule has 2 aromatic rings. The third kappa shape index (κ3) is 3.95. The van der Waals surface area contributed by atoms with Crippen molar-refractivity contribution in [2.45, 2.75) is 52.7 Å². The van der Waals surface area contributed by atoms with Gasteiger partial charge in [0.2, 0.25) is 5.82 Å². The normalized spacial score (nSPS) is 17.0. The zero-order valence-electron chi connectivity index (χ0n) is 16.8. The molecule has 1 aliphatic heterocycles. The van der Waals surface area contributed by atoms with Crippen LogP contribution in [0.25, 0.3) is 0 Å². The van der Waals surface area contributed by atoms with E-state index in [0.29, 0.717) is 6.54 Å². The van der Waals surface area contributed by atoms with Gasteiger partial charge < -0.3 is 20.1 Å². The molecule has 1 atom stereocenters. The predicted molar refractivity (Wildman–Crippen MR) is 105 cm³/mol. The van der Waals surface area contributed by atoms with Crippen LogP contribution in [0.15, 0.2) is 12.4 Å². The van der Waals surface area contributed by atoms with Gasteiger partial charge >= 0.3 is 0 Å². The Morgan fingerprint density at radius 2 is 2.11 bits per heavy atom.